The summed E-state index contributed by atoms with van der Waals surface area (Å²) >= 11 is 0. The highest BCUT2D eigenvalue weighted by Crippen LogP contribution is 2.43. The first kappa shape index (κ1) is 10.8. The molecule has 1 fully saturated rings. The van der Waals surface area contributed by atoms with E-state index in [2.05, 4.69) is 5.32 Å². The van der Waals surface area contributed by atoms with Crippen molar-refractivity contribution < 1.29 is 9.84 Å². The molecule has 2 N–H and O–H groups in total. The molecule has 1 aromatic carbocycles. The van der Waals surface area contributed by atoms with Crippen LogP contribution in [0.15, 0.2) is 18.2 Å². The quantitative estimate of drug-likeness (QED) is 0.676. The molecule has 1 aliphatic heterocycles. The van der Waals surface area contributed by atoms with Gasteiger partial charge in [0.15, 0.2) is 0 Å². The van der Waals surface area contributed by atoms with E-state index in [1.165, 1.54) is 32.1 Å². The van der Waals surface area contributed by atoms with Crippen molar-refractivity contribution in [3.63, 3.8) is 0 Å². The van der Waals surface area contributed by atoms with E-state index in [9.17, 15) is 5.11 Å². The smallest absolute Gasteiger partial charge is 0.146 e. The maximum atomic E-state index is 9.83. The fourth-order valence-corrected chi connectivity index (χ4v) is 3.00. The number of fused-ring (bicyclic) bond motifs is 1. The maximum Gasteiger partial charge on any atom is 0.146 e. The average molecular weight is 233 g/mol. The standard InChI is InChI=1S/C14H19NO2/c16-11-5-4-6-12-13(11)15-9-14(10-17-12)7-2-1-3-8-14/h4-6,15-16H,1-3,7-10H2. The molecule has 1 spiro atoms. The number of phenols is 1. The first-order valence-corrected chi connectivity index (χ1v) is 6.48. The van der Waals surface area contributed by atoms with Crippen molar-refractivity contribution in [1.82, 2.24) is 0 Å². The van der Waals surface area contributed by atoms with Crippen molar-refractivity contribution in [2.24, 2.45) is 5.41 Å². The average Bonchev–Trinajstić information content (AvgIpc) is 2.53. The SMILES string of the molecule is Oc1cccc2c1NCC1(CCCCC1)CO2. The molecular formula is C14H19NO2. The molecule has 17 heavy (non-hydrogen) atoms. The summed E-state index contributed by atoms with van der Waals surface area (Å²) in [4.78, 5) is 0. The van der Waals surface area contributed by atoms with Crippen LogP contribution < -0.4 is 10.1 Å². The number of rotatable bonds is 0. The second kappa shape index (κ2) is 4.13. The fourth-order valence-electron chi connectivity index (χ4n) is 3.00. The Morgan fingerprint density at radius 2 is 2.00 bits per heavy atom. The number of hydrogen-bond acceptors (Lipinski definition) is 3. The number of anilines is 1. The lowest BCUT2D eigenvalue weighted by Crippen LogP contribution is -2.36. The zero-order chi connectivity index (χ0) is 11.7. The van der Waals surface area contributed by atoms with E-state index < -0.39 is 0 Å². The van der Waals surface area contributed by atoms with Crippen LogP contribution in [0.5, 0.6) is 11.5 Å². The van der Waals surface area contributed by atoms with E-state index in [1.54, 1.807) is 6.07 Å². The third kappa shape index (κ3) is 1.94. The Morgan fingerprint density at radius 1 is 1.18 bits per heavy atom. The van der Waals surface area contributed by atoms with Gasteiger partial charge in [0.1, 0.15) is 17.2 Å². The number of ether oxygens (including phenoxy) is 1. The molecule has 1 aromatic rings. The Kier molecular flexibility index (Phi) is 2.61. The summed E-state index contributed by atoms with van der Waals surface area (Å²) in [6, 6.07) is 5.45. The lowest BCUT2D eigenvalue weighted by Gasteiger charge is -2.35. The molecule has 3 rings (SSSR count). The monoisotopic (exact) mass is 233 g/mol. The molecule has 0 amide bonds. The molecular weight excluding hydrogens is 214 g/mol. The van der Waals surface area contributed by atoms with E-state index >= 15 is 0 Å². The van der Waals surface area contributed by atoms with E-state index in [4.69, 9.17) is 4.74 Å². The number of hydrogen-bond donors (Lipinski definition) is 2. The van der Waals surface area contributed by atoms with Crippen molar-refractivity contribution in [3.05, 3.63) is 18.2 Å². The lowest BCUT2D eigenvalue weighted by molar-refractivity contribution is 0.115. The number of phenolic OH excluding ortho intramolecular Hbond substituents is 1. The van der Waals surface area contributed by atoms with E-state index in [0.29, 0.717) is 0 Å². The van der Waals surface area contributed by atoms with Crippen LogP contribution in [0.3, 0.4) is 0 Å². The zero-order valence-electron chi connectivity index (χ0n) is 10.0. The molecule has 0 unspecified atom stereocenters. The van der Waals surface area contributed by atoms with Crippen molar-refractivity contribution in [3.8, 4) is 11.5 Å². The van der Waals surface area contributed by atoms with Gasteiger partial charge in [-0.15, -0.1) is 0 Å². The summed E-state index contributed by atoms with van der Waals surface area (Å²) in [5, 5.41) is 13.2. The first-order valence-electron chi connectivity index (χ1n) is 6.48. The Morgan fingerprint density at radius 3 is 2.82 bits per heavy atom. The zero-order valence-corrected chi connectivity index (χ0v) is 10.0. The predicted octanol–water partition coefficient (Wildman–Crippen LogP) is 3.15. The maximum absolute atomic E-state index is 9.83. The third-order valence-corrected chi connectivity index (χ3v) is 4.09. The number of benzene rings is 1. The van der Waals surface area contributed by atoms with Gasteiger partial charge in [-0.25, -0.2) is 0 Å². The molecule has 0 atom stereocenters. The highest BCUT2D eigenvalue weighted by Gasteiger charge is 2.35. The van der Waals surface area contributed by atoms with Gasteiger partial charge in [-0.1, -0.05) is 25.3 Å². The molecule has 2 aliphatic rings. The molecule has 0 radical (unpaired) electrons. The molecule has 3 heteroatoms. The van der Waals surface area contributed by atoms with Crippen molar-refractivity contribution in [1.29, 1.82) is 0 Å². The van der Waals surface area contributed by atoms with Gasteiger partial charge in [-0.2, -0.15) is 0 Å². The molecule has 3 nitrogen and oxygen atoms in total. The van der Waals surface area contributed by atoms with Gasteiger partial charge in [-0.3, -0.25) is 0 Å². The highest BCUT2D eigenvalue weighted by molar-refractivity contribution is 5.66. The van der Waals surface area contributed by atoms with Gasteiger partial charge in [-0.05, 0) is 25.0 Å². The Bertz CT molecular complexity index is 411. The van der Waals surface area contributed by atoms with Crippen LogP contribution in [0.2, 0.25) is 0 Å². The molecule has 1 heterocycles. The van der Waals surface area contributed by atoms with Crippen LogP contribution in [0.4, 0.5) is 5.69 Å². The minimum absolute atomic E-state index is 0.268. The Labute approximate surface area is 102 Å². The summed E-state index contributed by atoms with van der Waals surface area (Å²) in [6.07, 6.45) is 6.41. The van der Waals surface area contributed by atoms with Gasteiger partial charge < -0.3 is 15.2 Å². The molecule has 0 aromatic heterocycles. The molecule has 1 aliphatic carbocycles. The van der Waals surface area contributed by atoms with Crippen LogP contribution in [-0.4, -0.2) is 18.3 Å². The number of nitrogens with one attached hydrogen (secondary N) is 1. The Hall–Kier alpha value is -1.38. The van der Waals surface area contributed by atoms with Crippen LogP contribution in [0.25, 0.3) is 0 Å². The van der Waals surface area contributed by atoms with E-state index in [-0.39, 0.29) is 11.2 Å². The van der Waals surface area contributed by atoms with E-state index in [1.807, 2.05) is 12.1 Å². The molecule has 92 valence electrons. The van der Waals surface area contributed by atoms with Gasteiger partial charge in [0, 0.05) is 12.0 Å². The predicted molar refractivity (Wildman–Crippen MR) is 67.6 cm³/mol. The summed E-state index contributed by atoms with van der Waals surface area (Å²) < 4.78 is 5.90. The minimum atomic E-state index is 0.268. The molecule has 0 saturated heterocycles. The summed E-state index contributed by atoms with van der Waals surface area (Å²) in [6.45, 7) is 1.69. The van der Waals surface area contributed by atoms with Crippen LogP contribution in [-0.2, 0) is 0 Å². The first-order chi connectivity index (χ1) is 8.29. The van der Waals surface area contributed by atoms with Crippen molar-refractivity contribution in [2.75, 3.05) is 18.5 Å². The second-order valence-corrected chi connectivity index (χ2v) is 5.35. The van der Waals surface area contributed by atoms with Crippen LogP contribution in [0, 0.1) is 5.41 Å². The third-order valence-electron chi connectivity index (χ3n) is 4.09. The van der Waals surface area contributed by atoms with Gasteiger partial charge >= 0.3 is 0 Å². The minimum Gasteiger partial charge on any atom is -0.506 e. The van der Waals surface area contributed by atoms with Gasteiger partial charge in [0.25, 0.3) is 0 Å². The number of aromatic hydroxyl groups is 1. The summed E-state index contributed by atoms with van der Waals surface area (Å²) in [7, 11) is 0. The topological polar surface area (TPSA) is 41.5 Å². The second-order valence-electron chi connectivity index (χ2n) is 5.35. The largest absolute Gasteiger partial charge is 0.506 e. The normalized spacial score (nSPS) is 22.1. The van der Waals surface area contributed by atoms with Gasteiger partial charge in [0.2, 0.25) is 0 Å². The summed E-state index contributed by atoms with van der Waals surface area (Å²) in [5.41, 5.74) is 1.03. The fraction of sp³-hybridized carbons (Fsp3) is 0.571. The lowest BCUT2D eigenvalue weighted by atomic mass is 9.74. The Balaban J connectivity index is 1.85. The highest BCUT2D eigenvalue weighted by atomic mass is 16.5. The molecule has 1 saturated carbocycles. The van der Waals surface area contributed by atoms with Crippen LogP contribution >= 0.6 is 0 Å². The van der Waals surface area contributed by atoms with Crippen LogP contribution in [0.1, 0.15) is 32.1 Å². The number of para-hydroxylation sites is 1. The summed E-state index contributed by atoms with van der Waals surface area (Å²) in [5.74, 6) is 1.07. The van der Waals surface area contributed by atoms with E-state index in [0.717, 1.165) is 24.6 Å². The van der Waals surface area contributed by atoms with Crippen molar-refractivity contribution in [2.45, 2.75) is 32.1 Å². The van der Waals surface area contributed by atoms with Crippen molar-refractivity contribution >= 4 is 5.69 Å². The molecule has 0 bridgehead atoms. The van der Waals surface area contributed by atoms with Gasteiger partial charge in [0.05, 0.1) is 6.61 Å².